The highest BCUT2D eigenvalue weighted by molar-refractivity contribution is 5.96. The lowest BCUT2D eigenvalue weighted by Gasteiger charge is -2.21. The van der Waals surface area contributed by atoms with Gasteiger partial charge in [0.25, 0.3) is 5.91 Å². The SMILES string of the molecule is C=CCNC(=O)c1ccc(NC(=O)[C@@H]2CCCNC2)cc1.Cl. The molecule has 0 spiro atoms. The number of carbonyl (C=O) groups is 2. The van der Waals surface area contributed by atoms with E-state index in [1.54, 1.807) is 30.3 Å². The fourth-order valence-electron chi connectivity index (χ4n) is 2.29. The van der Waals surface area contributed by atoms with Gasteiger partial charge in [0.05, 0.1) is 5.92 Å². The van der Waals surface area contributed by atoms with Gasteiger partial charge >= 0.3 is 0 Å². The monoisotopic (exact) mass is 323 g/mol. The van der Waals surface area contributed by atoms with Gasteiger partial charge in [0.1, 0.15) is 0 Å². The van der Waals surface area contributed by atoms with Crippen molar-refractivity contribution in [1.82, 2.24) is 10.6 Å². The molecule has 0 unspecified atom stereocenters. The Kier molecular flexibility index (Phi) is 7.63. The van der Waals surface area contributed by atoms with Crippen LogP contribution in [0.15, 0.2) is 36.9 Å². The first-order valence-electron chi connectivity index (χ1n) is 7.21. The van der Waals surface area contributed by atoms with E-state index in [0.29, 0.717) is 17.8 Å². The first-order chi connectivity index (χ1) is 10.2. The van der Waals surface area contributed by atoms with Crippen molar-refractivity contribution in [2.75, 3.05) is 25.0 Å². The lowest BCUT2D eigenvalue weighted by Crippen LogP contribution is -2.37. The van der Waals surface area contributed by atoms with Crippen LogP contribution in [0.4, 0.5) is 5.69 Å². The lowest BCUT2D eigenvalue weighted by atomic mass is 9.99. The molecule has 1 atom stereocenters. The molecule has 0 saturated carbocycles. The molecule has 1 fully saturated rings. The predicted octanol–water partition coefficient (Wildman–Crippen LogP) is 1.96. The van der Waals surface area contributed by atoms with Crippen molar-refractivity contribution >= 4 is 29.9 Å². The Morgan fingerprint density at radius 1 is 1.32 bits per heavy atom. The fourth-order valence-corrected chi connectivity index (χ4v) is 2.29. The van der Waals surface area contributed by atoms with Crippen molar-refractivity contribution in [3.05, 3.63) is 42.5 Å². The van der Waals surface area contributed by atoms with E-state index in [1.807, 2.05) is 0 Å². The van der Waals surface area contributed by atoms with Crippen molar-refractivity contribution < 1.29 is 9.59 Å². The minimum Gasteiger partial charge on any atom is -0.349 e. The molecule has 0 aliphatic carbocycles. The smallest absolute Gasteiger partial charge is 0.251 e. The van der Waals surface area contributed by atoms with E-state index in [1.165, 1.54) is 0 Å². The van der Waals surface area contributed by atoms with E-state index in [9.17, 15) is 9.59 Å². The molecule has 0 radical (unpaired) electrons. The van der Waals surface area contributed by atoms with Crippen molar-refractivity contribution in [1.29, 1.82) is 0 Å². The van der Waals surface area contributed by atoms with Crippen molar-refractivity contribution in [2.45, 2.75) is 12.8 Å². The van der Waals surface area contributed by atoms with E-state index in [-0.39, 0.29) is 30.1 Å². The standard InChI is InChI=1S/C16H21N3O2.ClH/c1-2-9-18-15(20)12-5-7-14(8-6-12)19-16(21)13-4-3-10-17-11-13;/h2,5-8,13,17H,1,3-4,9-11H2,(H,18,20)(H,19,21);1H/t13-;/m1./s1. The summed E-state index contributed by atoms with van der Waals surface area (Å²) in [5.74, 6) is -0.0929. The molecule has 1 heterocycles. The van der Waals surface area contributed by atoms with Gasteiger partial charge in [-0.05, 0) is 43.7 Å². The van der Waals surface area contributed by atoms with Crippen LogP contribution in [0.25, 0.3) is 0 Å². The third-order valence-electron chi connectivity index (χ3n) is 3.49. The van der Waals surface area contributed by atoms with Gasteiger partial charge in [-0.1, -0.05) is 6.08 Å². The fraction of sp³-hybridized carbons (Fsp3) is 0.375. The number of halogens is 1. The van der Waals surface area contributed by atoms with Crippen LogP contribution in [0.3, 0.4) is 0 Å². The van der Waals surface area contributed by atoms with E-state index in [4.69, 9.17) is 0 Å². The van der Waals surface area contributed by atoms with Crippen LogP contribution < -0.4 is 16.0 Å². The van der Waals surface area contributed by atoms with Gasteiger partial charge in [0.15, 0.2) is 0 Å². The van der Waals surface area contributed by atoms with Crippen LogP contribution in [-0.2, 0) is 4.79 Å². The molecule has 120 valence electrons. The average Bonchev–Trinajstić information content (AvgIpc) is 2.54. The molecular formula is C16H22ClN3O2. The minimum absolute atomic E-state index is 0. The Morgan fingerprint density at radius 2 is 2.05 bits per heavy atom. The Balaban J connectivity index is 0.00000242. The number of piperidine rings is 1. The lowest BCUT2D eigenvalue weighted by molar-refractivity contribution is -0.120. The number of anilines is 1. The molecule has 1 aromatic carbocycles. The van der Waals surface area contributed by atoms with Crippen molar-refractivity contribution in [2.24, 2.45) is 5.92 Å². The van der Waals surface area contributed by atoms with Crippen LogP contribution in [0.5, 0.6) is 0 Å². The van der Waals surface area contributed by atoms with E-state index >= 15 is 0 Å². The van der Waals surface area contributed by atoms with Crippen LogP contribution in [0.1, 0.15) is 23.2 Å². The van der Waals surface area contributed by atoms with Gasteiger partial charge in [-0.15, -0.1) is 19.0 Å². The highest BCUT2D eigenvalue weighted by Gasteiger charge is 2.20. The zero-order chi connectivity index (χ0) is 15.1. The summed E-state index contributed by atoms with van der Waals surface area (Å²) in [7, 11) is 0. The molecule has 1 saturated heterocycles. The number of rotatable bonds is 5. The van der Waals surface area contributed by atoms with Crippen LogP contribution in [0.2, 0.25) is 0 Å². The largest absolute Gasteiger partial charge is 0.349 e. The van der Waals surface area contributed by atoms with Crippen molar-refractivity contribution in [3.8, 4) is 0 Å². The topological polar surface area (TPSA) is 70.2 Å². The Bertz CT molecular complexity index is 511. The first-order valence-corrected chi connectivity index (χ1v) is 7.21. The minimum atomic E-state index is -0.149. The molecule has 0 aromatic heterocycles. The molecule has 0 bridgehead atoms. The van der Waals surface area contributed by atoms with Gasteiger partial charge in [0.2, 0.25) is 5.91 Å². The van der Waals surface area contributed by atoms with Crippen molar-refractivity contribution in [3.63, 3.8) is 0 Å². The summed E-state index contributed by atoms with van der Waals surface area (Å²) in [6, 6.07) is 6.90. The van der Waals surface area contributed by atoms with Gasteiger partial charge in [-0.25, -0.2) is 0 Å². The second-order valence-corrected chi connectivity index (χ2v) is 5.11. The summed E-state index contributed by atoms with van der Waals surface area (Å²) in [6.07, 6.45) is 3.58. The highest BCUT2D eigenvalue weighted by Crippen LogP contribution is 2.15. The van der Waals surface area contributed by atoms with E-state index < -0.39 is 0 Å². The summed E-state index contributed by atoms with van der Waals surface area (Å²) in [6.45, 7) is 5.70. The van der Waals surface area contributed by atoms with Gasteiger partial charge < -0.3 is 16.0 Å². The maximum Gasteiger partial charge on any atom is 0.251 e. The van der Waals surface area contributed by atoms with E-state index in [0.717, 1.165) is 25.9 Å². The molecule has 6 heteroatoms. The zero-order valence-corrected chi connectivity index (χ0v) is 13.2. The number of nitrogens with one attached hydrogen (secondary N) is 3. The molecular weight excluding hydrogens is 302 g/mol. The predicted molar refractivity (Wildman–Crippen MR) is 90.4 cm³/mol. The molecule has 1 aliphatic heterocycles. The van der Waals surface area contributed by atoms with Crippen LogP contribution in [0, 0.1) is 5.92 Å². The van der Waals surface area contributed by atoms with Gasteiger partial charge in [-0.2, -0.15) is 0 Å². The first kappa shape index (κ1) is 18.2. The molecule has 2 amide bonds. The molecule has 3 N–H and O–H groups in total. The molecule has 22 heavy (non-hydrogen) atoms. The quantitative estimate of drug-likeness (QED) is 0.725. The number of amides is 2. The Labute approximate surface area is 137 Å². The van der Waals surface area contributed by atoms with Crippen LogP contribution >= 0.6 is 12.4 Å². The summed E-state index contributed by atoms with van der Waals surface area (Å²) in [5, 5.41) is 8.83. The molecule has 5 nitrogen and oxygen atoms in total. The maximum atomic E-state index is 12.1. The Morgan fingerprint density at radius 3 is 2.64 bits per heavy atom. The second kappa shape index (κ2) is 9.23. The third kappa shape index (κ3) is 5.16. The Hall–Kier alpha value is -1.85. The molecule has 1 aliphatic rings. The zero-order valence-electron chi connectivity index (χ0n) is 12.4. The molecule has 2 rings (SSSR count). The third-order valence-corrected chi connectivity index (χ3v) is 3.49. The van der Waals surface area contributed by atoms with Crippen LogP contribution in [-0.4, -0.2) is 31.4 Å². The summed E-state index contributed by atoms with van der Waals surface area (Å²) in [4.78, 5) is 23.8. The number of benzene rings is 1. The summed E-state index contributed by atoms with van der Waals surface area (Å²) in [5.41, 5.74) is 1.28. The highest BCUT2D eigenvalue weighted by atomic mass is 35.5. The number of hydrogen-bond donors (Lipinski definition) is 3. The normalized spacial score (nSPS) is 17.0. The number of hydrogen-bond acceptors (Lipinski definition) is 3. The van der Waals surface area contributed by atoms with Gasteiger partial charge in [0, 0.05) is 24.3 Å². The second-order valence-electron chi connectivity index (χ2n) is 5.11. The summed E-state index contributed by atoms with van der Waals surface area (Å²) < 4.78 is 0. The average molecular weight is 324 g/mol. The maximum absolute atomic E-state index is 12.1. The molecule has 1 aromatic rings. The van der Waals surface area contributed by atoms with Gasteiger partial charge in [-0.3, -0.25) is 9.59 Å². The van der Waals surface area contributed by atoms with E-state index in [2.05, 4.69) is 22.5 Å². The summed E-state index contributed by atoms with van der Waals surface area (Å²) >= 11 is 0. The number of carbonyl (C=O) groups excluding carboxylic acids is 2.